The smallest absolute Gasteiger partial charge is 0.262 e. The number of aryl methyl sites for hydroxylation is 1. The standard InChI is InChI=1S/C19H15BrN4O3/c1-11-6-12(20)8-23-9-13(22-17(11)23)7-21-16(25)10-24-18(26)14-4-2-3-5-15(14)19(24)27/h2-6,8-9H,7,10H2,1H3,(H,21,25). The minimum absolute atomic E-state index is 0.209. The highest BCUT2D eigenvalue weighted by Crippen LogP contribution is 2.22. The van der Waals surface area contributed by atoms with Crippen LogP contribution in [0.3, 0.4) is 0 Å². The van der Waals surface area contributed by atoms with Gasteiger partial charge in [0.1, 0.15) is 12.2 Å². The van der Waals surface area contributed by atoms with Gasteiger partial charge >= 0.3 is 0 Å². The van der Waals surface area contributed by atoms with Crippen molar-refractivity contribution >= 4 is 39.3 Å². The summed E-state index contributed by atoms with van der Waals surface area (Å²) < 4.78 is 2.82. The fourth-order valence-electron chi connectivity index (χ4n) is 3.13. The van der Waals surface area contributed by atoms with Crippen LogP contribution in [0.5, 0.6) is 0 Å². The second-order valence-electron chi connectivity index (χ2n) is 6.32. The Morgan fingerprint density at radius 3 is 2.48 bits per heavy atom. The molecule has 27 heavy (non-hydrogen) atoms. The van der Waals surface area contributed by atoms with Crippen LogP contribution >= 0.6 is 15.9 Å². The van der Waals surface area contributed by atoms with Crippen LogP contribution in [-0.2, 0) is 11.3 Å². The van der Waals surface area contributed by atoms with E-state index in [4.69, 9.17) is 0 Å². The van der Waals surface area contributed by atoms with Gasteiger partial charge in [0.15, 0.2) is 0 Å². The molecule has 136 valence electrons. The third-order valence-corrected chi connectivity index (χ3v) is 4.83. The Labute approximate surface area is 163 Å². The first kappa shape index (κ1) is 17.4. The maximum Gasteiger partial charge on any atom is 0.262 e. The molecule has 2 aromatic heterocycles. The lowest BCUT2D eigenvalue weighted by atomic mass is 10.1. The van der Waals surface area contributed by atoms with E-state index in [-0.39, 0.29) is 13.1 Å². The molecule has 1 N–H and O–H groups in total. The van der Waals surface area contributed by atoms with Crippen molar-refractivity contribution < 1.29 is 14.4 Å². The average molecular weight is 427 g/mol. The summed E-state index contributed by atoms with van der Waals surface area (Å²) in [7, 11) is 0. The molecule has 1 aliphatic rings. The molecule has 0 aliphatic carbocycles. The Kier molecular flexibility index (Phi) is 4.27. The van der Waals surface area contributed by atoms with Gasteiger partial charge in [-0.3, -0.25) is 19.3 Å². The Morgan fingerprint density at radius 1 is 1.15 bits per heavy atom. The maximum absolute atomic E-state index is 12.3. The first-order chi connectivity index (χ1) is 12.9. The molecule has 0 fully saturated rings. The molecule has 3 amide bonds. The van der Waals surface area contributed by atoms with E-state index < -0.39 is 17.7 Å². The number of fused-ring (bicyclic) bond motifs is 2. The van der Waals surface area contributed by atoms with Gasteiger partial charge < -0.3 is 9.72 Å². The Morgan fingerprint density at radius 2 is 1.81 bits per heavy atom. The Bertz CT molecular complexity index is 1070. The summed E-state index contributed by atoms with van der Waals surface area (Å²) in [4.78, 5) is 42.3. The van der Waals surface area contributed by atoms with Gasteiger partial charge in [-0.1, -0.05) is 12.1 Å². The molecule has 0 unspecified atom stereocenters. The number of rotatable bonds is 4. The van der Waals surface area contributed by atoms with Crippen molar-refractivity contribution in [3.63, 3.8) is 0 Å². The number of hydrogen-bond acceptors (Lipinski definition) is 4. The number of pyridine rings is 1. The van der Waals surface area contributed by atoms with E-state index in [1.165, 1.54) is 0 Å². The maximum atomic E-state index is 12.3. The van der Waals surface area contributed by atoms with Crippen molar-refractivity contribution in [2.45, 2.75) is 13.5 Å². The number of imide groups is 1. The van der Waals surface area contributed by atoms with E-state index in [1.54, 1.807) is 24.3 Å². The van der Waals surface area contributed by atoms with Crippen LogP contribution in [0.1, 0.15) is 32.0 Å². The van der Waals surface area contributed by atoms with Crippen molar-refractivity contribution in [2.75, 3.05) is 6.54 Å². The van der Waals surface area contributed by atoms with E-state index in [9.17, 15) is 14.4 Å². The largest absolute Gasteiger partial charge is 0.349 e. The highest BCUT2D eigenvalue weighted by Gasteiger charge is 2.36. The van der Waals surface area contributed by atoms with E-state index in [0.717, 1.165) is 20.6 Å². The Hall–Kier alpha value is -3.00. The molecule has 1 aromatic carbocycles. The average Bonchev–Trinajstić information content (AvgIpc) is 3.15. The molecule has 0 bridgehead atoms. The summed E-state index contributed by atoms with van der Waals surface area (Å²) >= 11 is 3.44. The SMILES string of the molecule is Cc1cc(Br)cn2cc(CNC(=O)CN3C(=O)c4ccccc4C3=O)nc12. The number of amides is 3. The summed E-state index contributed by atoms with van der Waals surface area (Å²) in [6, 6.07) is 8.52. The van der Waals surface area contributed by atoms with E-state index in [1.807, 2.05) is 29.8 Å². The van der Waals surface area contributed by atoms with E-state index in [0.29, 0.717) is 16.8 Å². The van der Waals surface area contributed by atoms with Crippen LogP contribution < -0.4 is 5.32 Å². The molecule has 0 radical (unpaired) electrons. The van der Waals surface area contributed by atoms with Crippen LogP contribution in [0.15, 0.2) is 47.2 Å². The lowest BCUT2D eigenvalue weighted by Gasteiger charge is -2.13. The lowest BCUT2D eigenvalue weighted by Crippen LogP contribution is -2.40. The normalized spacial score (nSPS) is 13.3. The molecule has 7 nitrogen and oxygen atoms in total. The molecule has 1 aliphatic heterocycles. The molecule has 3 aromatic rings. The lowest BCUT2D eigenvalue weighted by molar-refractivity contribution is -0.121. The summed E-state index contributed by atoms with van der Waals surface area (Å²) in [5.74, 6) is -1.31. The van der Waals surface area contributed by atoms with E-state index >= 15 is 0 Å². The van der Waals surface area contributed by atoms with Gasteiger partial charge in [-0.2, -0.15) is 0 Å². The van der Waals surface area contributed by atoms with Crippen molar-refractivity contribution in [2.24, 2.45) is 0 Å². The monoisotopic (exact) mass is 426 g/mol. The molecule has 0 saturated heterocycles. The van der Waals surface area contributed by atoms with Crippen molar-refractivity contribution in [3.8, 4) is 0 Å². The highest BCUT2D eigenvalue weighted by molar-refractivity contribution is 9.10. The predicted octanol–water partition coefficient (Wildman–Crippen LogP) is 2.32. The molecule has 4 rings (SSSR count). The summed E-state index contributed by atoms with van der Waals surface area (Å²) in [5.41, 5.74) is 3.16. The fourth-order valence-corrected chi connectivity index (χ4v) is 3.70. The van der Waals surface area contributed by atoms with Gasteiger partial charge in [0.05, 0.1) is 23.4 Å². The quantitative estimate of drug-likeness (QED) is 0.648. The first-order valence-corrected chi connectivity index (χ1v) is 9.09. The van der Waals surface area contributed by atoms with Gasteiger partial charge in [-0.05, 0) is 46.6 Å². The number of benzene rings is 1. The number of aromatic nitrogens is 2. The third kappa shape index (κ3) is 3.12. The zero-order valence-corrected chi connectivity index (χ0v) is 16.0. The Balaban J connectivity index is 1.43. The first-order valence-electron chi connectivity index (χ1n) is 8.29. The van der Waals surface area contributed by atoms with Crippen LogP contribution in [0.25, 0.3) is 5.65 Å². The number of carbonyl (C=O) groups is 3. The zero-order valence-electron chi connectivity index (χ0n) is 14.4. The van der Waals surface area contributed by atoms with Gasteiger partial charge in [0, 0.05) is 16.9 Å². The molecule has 3 heterocycles. The van der Waals surface area contributed by atoms with Crippen LogP contribution in [-0.4, -0.2) is 38.6 Å². The summed E-state index contributed by atoms with van der Waals surface area (Å²) in [5, 5.41) is 2.72. The molecular formula is C19H15BrN4O3. The number of imidazole rings is 1. The van der Waals surface area contributed by atoms with E-state index in [2.05, 4.69) is 26.2 Å². The number of carbonyl (C=O) groups excluding carboxylic acids is 3. The topological polar surface area (TPSA) is 83.8 Å². The van der Waals surface area contributed by atoms with Gasteiger partial charge in [-0.15, -0.1) is 0 Å². The third-order valence-electron chi connectivity index (χ3n) is 4.40. The minimum Gasteiger partial charge on any atom is -0.349 e. The number of nitrogens with zero attached hydrogens (tertiary/aromatic N) is 3. The number of halogens is 1. The molecule has 0 atom stereocenters. The minimum atomic E-state index is -0.445. The summed E-state index contributed by atoms with van der Waals surface area (Å²) in [6.45, 7) is 1.85. The molecule has 8 heteroatoms. The molecule has 0 saturated carbocycles. The zero-order chi connectivity index (χ0) is 19.1. The molecular weight excluding hydrogens is 412 g/mol. The number of hydrogen-bond donors (Lipinski definition) is 1. The number of nitrogens with one attached hydrogen (secondary N) is 1. The van der Waals surface area contributed by atoms with Crippen molar-refractivity contribution in [1.82, 2.24) is 19.6 Å². The van der Waals surface area contributed by atoms with Gasteiger partial charge in [0.2, 0.25) is 5.91 Å². The van der Waals surface area contributed by atoms with Gasteiger partial charge in [-0.25, -0.2) is 4.98 Å². The summed E-state index contributed by atoms with van der Waals surface area (Å²) in [6.07, 6.45) is 3.72. The van der Waals surface area contributed by atoms with Crippen LogP contribution in [0, 0.1) is 6.92 Å². The second kappa shape index (κ2) is 6.62. The predicted molar refractivity (Wildman–Crippen MR) is 101 cm³/mol. The highest BCUT2D eigenvalue weighted by atomic mass is 79.9. The van der Waals surface area contributed by atoms with Gasteiger partial charge in [0.25, 0.3) is 11.8 Å². The van der Waals surface area contributed by atoms with Crippen LogP contribution in [0.2, 0.25) is 0 Å². The molecule has 0 spiro atoms. The fraction of sp³-hybridized carbons (Fsp3) is 0.158. The van der Waals surface area contributed by atoms with Crippen LogP contribution in [0.4, 0.5) is 0 Å². The van der Waals surface area contributed by atoms with Crippen molar-refractivity contribution in [1.29, 1.82) is 0 Å². The van der Waals surface area contributed by atoms with Crippen molar-refractivity contribution in [3.05, 3.63) is 69.6 Å². The second-order valence-corrected chi connectivity index (χ2v) is 7.24.